The predicted molar refractivity (Wildman–Crippen MR) is 74.7 cm³/mol. The van der Waals surface area contributed by atoms with Gasteiger partial charge in [0.2, 0.25) is 5.91 Å². The van der Waals surface area contributed by atoms with Crippen LogP contribution in [0.2, 0.25) is 0 Å². The molecular weight excluding hydrogens is 240 g/mol. The molecule has 1 amide bonds. The molecule has 4 heteroatoms. The van der Waals surface area contributed by atoms with Gasteiger partial charge in [0.25, 0.3) is 0 Å². The normalized spacial score (nSPS) is 24.9. The molecule has 0 aromatic carbocycles. The van der Waals surface area contributed by atoms with Gasteiger partial charge in [0.05, 0.1) is 17.7 Å². The average molecular weight is 264 g/mol. The van der Waals surface area contributed by atoms with Gasteiger partial charge in [0.1, 0.15) is 5.76 Å². The molecular formula is C15H24N2O2. The molecule has 0 bridgehead atoms. The van der Waals surface area contributed by atoms with E-state index in [0.717, 1.165) is 44.5 Å². The fraction of sp³-hybridized carbons (Fsp3) is 0.667. The summed E-state index contributed by atoms with van der Waals surface area (Å²) < 4.78 is 5.35. The molecule has 1 aromatic heterocycles. The molecule has 19 heavy (non-hydrogen) atoms. The van der Waals surface area contributed by atoms with Gasteiger partial charge >= 0.3 is 0 Å². The fourth-order valence-electron chi connectivity index (χ4n) is 2.93. The minimum Gasteiger partial charge on any atom is -0.467 e. The number of furan rings is 1. The molecule has 0 saturated carbocycles. The van der Waals surface area contributed by atoms with Gasteiger partial charge in [-0.1, -0.05) is 13.3 Å². The first-order valence-corrected chi connectivity index (χ1v) is 7.23. The van der Waals surface area contributed by atoms with Crippen molar-refractivity contribution in [2.24, 2.45) is 5.41 Å². The quantitative estimate of drug-likeness (QED) is 0.859. The van der Waals surface area contributed by atoms with Crippen LogP contribution in [0.1, 0.15) is 51.3 Å². The van der Waals surface area contributed by atoms with Gasteiger partial charge in [0.15, 0.2) is 0 Å². The van der Waals surface area contributed by atoms with Crippen LogP contribution in [0.4, 0.5) is 0 Å². The number of carbonyl (C=O) groups is 1. The summed E-state index contributed by atoms with van der Waals surface area (Å²) in [5.74, 6) is 0.967. The average Bonchev–Trinajstić information content (AvgIpc) is 2.94. The molecule has 1 aliphatic heterocycles. The van der Waals surface area contributed by atoms with Crippen molar-refractivity contribution in [3.8, 4) is 0 Å². The van der Waals surface area contributed by atoms with Crippen LogP contribution < -0.4 is 10.6 Å². The number of amides is 1. The summed E-state index contributed by atoms with van der Waals surface area (Å²) >= 11 is 0. The second-order valence-electron chi connectivity index (χ2n) is 5.52. The van der Waals surface area contributed by atoms with Crippen molar-refractivity contribution in [1.82, 2.24) is 10.6 Å². The van der Waals surface area contributed by atoms with Crippen LogP contribution in [0.25, 0.3) is 0 Å². The maximum absolute atomic E-state index is 12.6. The molecule has 0 spiro atoms. The van der Waals surface area contributed by atoms with Crippen LogP contribution in [0.5, 0.6) is 0 Å². The van der Waals surface area contributed by atoms with E-state index in [1.165, 1.54) is 0 Å². The van der Waals surface area contributed by atoms with Gasteiger partial charge in [-0.25, -0.2) is 0 Å². The molecule has 0 aliphatic carbocycles. The first kappa shape index (κ1) is 14.1. The van der Waals surface area contributed by atoms with E-state index in [9.17, 15) is 4.79 Å². The predicted octanol–water partition coefficient (Wildman–Crippen LogP) is 2.63. The van der Waals surface area contributed by atoms with Crippen molar-refractivity contribution in [2.45, 2.75) is 45.6 Å². The second-order valence-corrected chi connectivity index (χ2v) is 5.52. The van der Waals surface area contributed by atoms with Gasteiger partial charge in [-0.3, -0.25) is 4.79 Å². The largest absolute Gasteiger partial charge is 0.467 e. The van der Waals surface area contributed by atoms with E-state index >= 15 is 0 Å². The number of carbonyl (C=O) groups excluding carboxylic acids is 1. The van der Waals surface area contributed by atoms with Gasteiger partial charge in [0, 0.05) is 6.54 Å². The Balaban J connectivity index is 2.03. The Morgan fingerprint density at radius 1 is 1.63 bits per heavy atom. The van der Waals surface area contributed by atoms with E-state index in [0.29, 0.717) is 0 Å². The molecule has 1 aliphatic rings. The summed E-state index contributed by atoms with van der Waals surface area (Å²) in [5, 5.41) is 6.47. The Morgan fingerprint density at radius 3 is 3.05 bits per heavy atom. The number of rotatable bonds is 5. The summed E-state index contributed by atoms with van der Waals surface area (Å²) in [6.45, 7) is 5.91. The summed E-state index contributed by atoms with van der Waals surface area (Å²) in [5.41, 5.74) is -0.242. The minimum absolute atomic E-state index is 0.0712. The number of nitrogens with one attached hydrogen (secondary N) is 2. The summed E-state index contributed by atoms with van der Waals surface area (Å²) in [6.07, 6.45) is 5.66. The molecule has 0 radical (unpaired) electrons. The minimum atomic E-state index is -0.242. The molecule has 2 rings (SSSR count). The highest BCUT2D eigenvalue weighted by atomic mass is 16.3. The molecule has 2 heterocycles. The lowest BCUT2D eigenvalue weighted by Crippen LogP contribution is -2.50. The van der Waals surface area contributed by atoms with E-state index in [1.54, 1.807) is 6.26 Å². The Hall–Kier alpha value is -1.29. The van der Waals surface area contributed by atoms with Crippen LogP contribution in [0.15, 0.2) is 22.8 Å². The van der Waals surface area contributed by atoms with E-state index in [2.05, 4.69) is 17.6 Å². The molecule has 1 aromatic rings. The first-order valence-electron chi connectivity index (χ1n) is 7.23. The zero-order chi connectivity index (χ0) is 13.7. The molecule has 4 nitrogen and oxygen atoms in total. The van der Waals surface area contributed by atoms with Crippen molar-refractivity contribution in [3.63, 3.8) is 0 Å². The third-order valence-corrected chi connectivity index (χ3v) is 4.00. The Kier molecular flexibility index (Phi) is 4.64. The third-order valence-electron chi connectivity index (χ3n) is 4.00. The van der Waals surface area contributed by atoms with Crippen LogP contribution in [-0.4, -0.2) is 19.0 Å². The van der Waals surface area contributed by atoms with Crippen molar-refractivity contribution < 1.29 is 9.21 Å². The smallest absolute Gasteiger partial charge is 0.228 e. The van der Waals surface area contributed by atoms with Crippen molar-refractivity contribution in [1.29, 1.82) is 0 Å². The van der Waals surface area contributed by atoms with Gasteiger partial charge in [-0.05, 0) is 44.9 Å². The maximum Gasteiger partial charge on any atom is 0.228 e. The van der Waals surface area contributed by atoms with E-state index in [4.69, 9.17) is 4.42 Å². The Morgan fingerprint density at radius 2 is 2.47 bits per heavy atom. The van der Waals surface area contributed by atoms with Gasteiger partial charge in [-0.15, -0.1) is 0 Å². The monoisotopic (exact) mass is 264 g/mol. The van der Waals surface area contributed by atoms with Crippen LogP contribution in [0.3, 0.4) is 0 Å². The third kappa shape index (κ3) is 3.18. The van der Waals surface area contributed by atoms with Crippen molar-refractivity contribution in [2.75, 3.05) is 13.1 Å². The highest BCUT2D eigenvalue weighted by molar-refractivity contribution is 5.83. The Bertz CT molecular complexity index is 389. The zero-order valence-electron chi connectivity index (χ0n) is 11.9. The van der Waals surface area contributed by atoms with Gasteiger partial charge in [-0.2, -0.15) is 0 Å². The van der Waals surface area contributed by atoms with Crippen molar-refractivity contribution >= 4 is 5.91 Å². The zero-order valence-corrected chi connectivity index (χ0v) is 11.9. The second kappa shape index (κ2) is 6.24. The molecule has 2 N–H and O–H groups in total. The lowest BCUT2D eigenvalue weighted by molar-refractivity contribution is -0.133. The van der Waals surface area contributed by atoms with Crippen LogP contribution >= 0.6 is 0 Å². The summed E-state index contributed by atoms with van der Waals surface area (Å²) in [7, 11) is 0. The topological polar surface area (TPSA) is 54.3 Å². The SMILES string of the molecule is CCCC1(C(=O)N[C@@H](C)c2ccco2)CCCNC1. The van der Waals surface area contributed by atoms with Crippen molar-refractivity contribution in [3.05, 3.63) is 24.2 Å². The molecule has 1 saturated heterocycles. The molecule has 106 valence electrons. The summed E-state index contributed by atoms with van der Waals surface area (Å²) in [4.78, 5) is 12.6. The molecule has 2 atom stereocenters. The van der Waals surface area contributed by atoms with E-state index in [-0.39, 0.29) is 17.4 Å². The van der Waals surface area contributed by atoms with E-state index < -0.39 is 0 Å². The maximum atomic E-state index is 12.6. The standard InChI is InChI=1S/C15H24N2O2/c1-3-7-15(8-5-9-16-11-15)14(18)17-12(2)13-6-4-10-19-13/h4,6,10,12,16H,3,5,7-9,11H2,1-2H3,(H,17,18)/t12-,15?/m0/s1. The lowest BCUT2D eigenvalue weighted by atomic mass is 9.76. The number of hydrogen-bond donors (Lipinski definition) is 2. The lowest BCUT2D eigenvalue weighted by Gasteiger charge is -2.36. The Labute approximate surface area is 114 Å². The van der Waals surface area contributed by atoms with Gasteiger partial charge < -0.3 is 15.1 Å². The highest BCUT2D eigenvalue weighted by Gasteiger charge is 2.39. The summed E-state index contributed by atoms with van der Waals surface area (Å²) in [6, 6.07) is 3.68. The number of hydrogen-bond acceptors (Lipinski definition) is 3. The van der Waals surface area contributed by atoms with E-state index in [1.807, 2.05) is 19.1 Å². The fourth-order valence-corrected chi connectivity index (χ4v) is 2.93. The van der Waals surface area contributed by atoms with Crippen LogP contribution in [-0.2, 0) is 4.79 Å². The molecule has 1 unspecified atom stereocenters. The number of piperidine rings is 1. The van der Waals surface area contributed by atoms with Crippen LogP contribution in [0, 0.1) is 5.41 Å². The highest BCUT2D eigenvalue weighted by Crippen LogP contribution is 2.32. The first-order chi connectivity index (χ1) is 9.18. The molecule has 1 fully saturated rings.